The van der Waals surface area contributed by atoms with Gasteiger partial charge in [0, 0.05) is 12.3 Å². The van der Waals surface area contributed by atoms with Gasteiger partial charge in [-0.15, -0.1) is 0 Å². The zero-order valence-corrected chi connectivity index (χ0v) is 8.90. The molecule has 4 heteroatoms. The van der Waals surface area contributed by atoms with Gasteiger partial charge in [0.15, 0.2) is 5.65 Å². The minimum atomic E-state index is 0.596. The number of rotatable bonds is 3. The van der Waals surface area contributed by atoms with E-state index in [2.05, 4.69) is 16.7 Å². The third-order valence-corrected chi connectivity index (χ3v) is 2.05. The third-order valence-electron chi connectivity index (χ3n) is 2.05. The average Bonchev–Trinajstić information content (AvgIpc) is 2.57. The highest BCUT2D eigenvalue weighted by Crippen LogP contribution is 2.12. The fourth-order valence-electron chi connectivity index (χ4n) is 1.40. The zero-order valence-electron chi connectivity index (χ0n) is 8.90. The molecule has 0 aromatic carbocycles. The first-order valence-electron chi connectivity index (χ1n) is 4.86. The largest absolute Gasteiger partial charge is 0.492 e. The van der Waals surface area contributed by atoms with Gasteiger partial charge in [0.1, 0.15) is 11.5 Å². The van der Waals surface area contributed by atoms with E-state index in [9.17, 15) is 0 Å². The summed E-state index contributed by atoms with van der Waals surface area (Å²) >= 11 is 0. The summed E-state index contributed by atoms with van der Waals surface area (Å²) in [6.45, 7) is 8.27. The van der Waals surface area contributed by atoms with Crippen molar-refractivity contribution in [3.8, 4) is 0 Å². The maximum atomic E-state index is 5.30. The Kier molecular flexibility index (Phi) is 2.41. The Hall–Kier alpha value is -1.84. The SMILES string of the molecule is C=C(OCC)c1ccn2nc(C)cc2n1. The lowest BCUT2D eigenvalue weighted by atomic mass is 10.3. The van der Waals surface area contributed by atoms with Crippen LogP contribution in [0.5, 0.6) is 0 Å². The number of hydrogen-bond donors (Lipinski definition) is 0. The van der Waals surface area contributed by atoms with Crippen molar-refractivity contribution in [3.63, 3.8) is 0 Å². The standard InChI is InChI=1S/C11H13N3O/c1-4-15-9(3)10-5-6-14-11(12-10)7-8(2)13-14/h5-7H,3-4H2,1-2H3. The second-order valence-electron chi connectivity index (χ2n) is 3.26. The molecular weight excluding hydrogens is 190 g/mol. The molecule has 0 fully saturated rings. The lowest BCUT2D eigenvalue weighted by molar-refractivity contribution is 0.298. The van der Waals surface area contributed by atoms with Crippen molar-refractivity contribution in [1.29, 1.82) is 0 Å². The van der Waals surface area contributed by atoms with Gasteiger partial charge in [-0.25, -0.2) is 9.50 Å². The highest BCUT2D eigenvalue weighted by atomic mass is 16.5. The number of ether oxygens (including phenoxy) is 1. The average molecular weight is 203 g/mol. The summed E-state index contributed by atoms with van der Waals surface area (Å²) in [5, 5.41) is 4.24. The molecule has 2 rings (SSSR count). The van der Waals surface area contributed by atoms with E-state index in [4.69, 9.17) is 4.74 Å². The fourth-order valence-corrected chi connectivity index (χ4v) is 1.40. The van der Waals surface area contributed by atoms with Crippen LogP contribution in [0.1, 0.15) is 18.3 Å². The van der Waals surface area contributed by atoms with E-state index in [0.717, 1.165) is 17.0 Å². The van der Waals surface area contributed by atoms with E-state index in [0.29, 0.717) is 12.4 Å². The highest BCUT2D eigenvalue weighted by Gasteiger charge is 2.04. The highest BCUT2D eigenvalue weighted by molar-refractivity contribution is 5.56. The zero-order chi connectivity index (χ0) is 10.8. The third kappa shape index (κ3) is 1.83. The van der Waals surface area contributed by atoms with Crippen LogP contribution in [0, 0.1) is 6.92 Å². The molecule has 2 aromatic rings. The van der Waals surface area contributed by atoms with Gasteiger partial charge in [0.2, 0.25) is 0 Å². The van der Waals surface area contributed by atoms with E-state index in [1.165, 1.54) is 0 Å². The van der Waals surface area contributed by atoms with E-state index in [-0.39, 0.29) is 0 Å². The van der Waals surface area contributed by atoms with Crippen molar-refractivity contribution < 1.29 is 4.74 Å². The van der Waals surface area contributed by atoms with Crippen LogP contribution in [-0.4, -0.2) is 21.2 Å². The molecule has 0 N–H and O–H groups in total. The molecule has 0 aliphatic heterocycles. The molecule has 0 saturated heterocycles. The van der Waals surface area contributed by atoms with Crippen LogP contribution in [0.25, 0.3) is 11.4 Å². The van der Waals surface area contributed by atoms with Gasteiger partial charge in [0.05, 0.1) is 12.3 Å². The first-order chi connectivity index (χ1) is 7.20. The molecule has 0 bridgehead atoms. The second-order valence-corrected chi connectivity index (χ2v) is 3.26. The number of aryl methyl sites for hydroxylation is 1. The molecule has 0 amide bonds. The predicted octanol–water partition coefficient (Wildman–Crippen LogP) is 2.04. The van der Waals surface area contributed by atoms with Crippen LogP contribution in [0.3, 0.4) is 0 Å². The van der Waals surface area contributed by atoms with Crippen molar-refractivity contribution in [2.45, 2.75) is 13.8 Å². The second kappa shape index (κ2) is 3.73. The van der Waals surface area contributed by atoms with Crippen molar-refractivity contribution in [1.82, 2.24) is 14.6 Å². The Bertz CT molecular complexity index is 502. The molecule has 0 radical (unpaired) electrons. The first kappa shape index (κ1) is 9.71. The Labute approximate surface area is 88.2 Å². The quantitative estimate of drug-likeness (QED) is 0.717. The molecular formula is C11H13N3O. The maximum absolute atomic E-state index is 5.30. The lowest BCUT2D eigenvalue weighted by Gasteiger charge is -2.05. The van der Waals surface area contributed by atoms with Crippen molar-refractivity contribution in [2.24, 2.45) is 0 Å². The monoisotopic (exact) mass is 203 g/mol. The topological polar surface area (TPSA) is 39.4 Å². The molecule has 15 heavy (non-hydrogen) atoms. The Morgan fingerprint density at radius 2 is 2.40 bits per heavy atom. The van der Waals surface area contributed by atoms with Crippen LogP contribution in [0.2, 0.25) is 0 Å². The van der Waals surface area contributed by atoms with Crippen LogP contribution in [0.4, 0.5) is 0 Å². The van der Waals surface area contributed by atoms with Crippen LogP contribution >= 0.6 is 0 Å². The van der Waals surface area contributed by atoms with Crippen LogP contribution < -0.4 is 0 Å². The summed E-state index contributed by atoms with van der Waals surface area (Å²) in [7, 11) is 0. The number of hydrogen-bond acceptors (Lipinski definition) is 3. The van der Waals surface area contributed by atoms with E-state index < -0.39 is 0 Å². The summed E-state index contributed by atoms with van der Waals surface area (Å²) in [5.74, 6) is 0.596. The predicted molar refractivity (Wildman–Crippen MR) is 58.4 cm³/mol. The molecule has 2 aromatic heterocycles. The van der Waals surface area contributed by atoms with E-state index in [1.54, 1.807) is 4.52 Å². The molecule has 0 atom stereocenters. The Morgan fingerprint density at radius 1 is 1.60 bits per heavy atom. The normalized spacial score (nSPS) is 10.5. The molecule has 78 valence electrons. The van der Waals surface area contributed by atoms with Crippen molar-refractivity contribution in [3.05, 3.63) is 36.3 Å². The molecule has 4 nitrogen and oxygen atoms in total. The van der Waals surface area contributed by atoms with Gasteiger partial charge >= 0.3 is 0 Å². The number of nitrogens with zero attached hydrogens (tertiary/aromatic N) is 3. The molecule has 0 aliphatic carbocycles. The first-order valence-corrected chi connectivity index (χ1v) is 4.86. The molecule has 2 heterocycles. The molecule has 0 spiro atoms. The Morgan fingerprint density at radius 3 is 3.13 bits per heavy atom. The van der Waals surface area contributed by atoms with Gasteiger partial charge < -0.3 is 4.74 Å². The summed E-state index contributed by atoms with van der Waals surface area (Å²) in [5.41, 5.74) is 2.51. The summed E-state index contributed by atoms with van der Waals surface area (Å²) < 4.78 is 7.03. The molecule has 0 saturated carbocycles. The van der Waals surface area contributed by atoms with Gasteiger partial charge in [-0.2, -0.15) is 5.10 Å². The van der Waals surface area contributed by atoms with Gasteiger partial charge in [0.25, 0.3) is 0 Å². The van der Waals surface area contributed by atoms with Crippen molar-refractivity contribution >= 4 is 11.4 Å². The Balaban J connectivity index is 2.41. The van der Waals surface area contributed by atoms with Gasteiger partial charge in [-0.05, 0) is 19.9 Å². The van der Waals surface area contributed by atoms with E-state index in [1.807, 2.05) is 32.2 Å². The summed E-state index contributed by atoms with van der Waals surface area (Å²) in [6.07, 6.45) is 1.86. The van der Waals surface area contributed by atoms with E-state index >= 15 is 0 Å². The number of aromatic nitrogens is 3. The van der Waals surface area contributed by atoms with Crippen molar-refractivity contribution in [2.75, 3.05) is 6.61 Å². The van der Waals surface area contributed by atoms with Crippen LogP contribution in [0.15, 0.2) is 24.9 Å². The molecule has 0 aliphatic rings. The lowest BCUT2D eigenvalue weighted by Crippen LogP contribution is -1.96. The number of fused-ring (bicyclic) bond motifs is 1. The summed E-state index contributed by atoms with van der Waals surface area (Å²) in [6, 6.07) is 3.76. The minimum Gasteiger partial charge on any atom is -0.492 e. The molecule has 0 unspecified atom stereocenters. The minimum absolute atomic E-state index is 0.596. The van der Waals surface area contributed by atoms with Gasteiger partial charge in [-0.1, -0.05) is 6.58 Å². The summed E-state index contributed by atoms with van der Waals surface area (Å²) in [4.78, 5) is 4.39. The van der Waals surface area contributed by atoms with Crippen LogP contribution in [-0.2, 0) is 4.74 Å². The van der Waals surface area contributed by atoms with Gasteiger partial charge in [-0.3, -0.25) is 0 Å². The smallest absolute Gasteiger partial charge is 0.156 e. The maximum Gasteiger partial charge on any atom is 0.156 e. The fraction of sp³-hybridized carbons (Fsp3) is 0.273.